The Labute approximate surface area is 215 Å². The maximum absolute atomic E-state index is 14.9. The van der Waals surface area contributed by atoms with Crippen molar-refractivity contribution < 1.29 is 8.78 Å². The maximum atomic E-state index is 14.9. The van der Waals surface area contributed by atoms with Gasteiger partial charge in [0.1, 0.15) is 17.3 Å². The van der Waals surface area contributed by atoms with Gasteiger partial charge in [-0.3, -0.25) is 9.36 Å². The number of anilines is 3. The summed E-state index contributed by atoms with van der Waals surface area (Å²) in [6.07, 6.45) is 4.56. The third kappa shape index (κ3) is 4.96. The van der Waals surface area contributed by atoms with E-state index < -0.39 is 16.3 Å². The zero-order valence-corrected chi connectivity index (χ0v) is 21.4. The van der Waals surface area contributed by atoms with Crippen LogP contribution in [0.5, 0.6) is 0 Å². The van der Waals surface area contributed by atoms with Crippen LogP contribution in [0.1, 0.15) is 6.92 Å². The van der Waals surface area contributed by atoms with Crippen LogP contribution in [-0.2, 0) is 6.54 Å². The molecule has 3 aromatic heterocycles. The smallest absolute Gasteiger partial charge is 0.260 e. The highest BCUT2D eigenvalue weighted by molar-refractivity contribution is 8.13. The summed E-state index contributed by atoms with van der Waals surface area (Å²) in [7, 11) is -0.442. The highest BCUT2D eigenvalue weighted by atomic mass is 32.2. The summed E-state index contributed by atoms with van der Waals surface area (Å²) < 4.78 is 31.0. The molecule has 4 aromatic rings. The number of aryl methyl sites for hydroxylation is 1. The molecule has 0 aliphatic carbocycles. The van der Waals surface area contributed by atoms with Crippen molar-refractivity contribution in [3.63, 3.8) is 0 Å². The molecule has 192 valence electrons. The van der Waals surface area contributed by atoms with Gasteiger partial charge in [0.15, 0.2) is 0 Å². The fraction of sp³-hybridized carbons (Fsp3) is 0.269. The quantitative estimate of drug-likeness (QED) is 0.370. The second-order valence-electron chi connectivity index (χ2n) is 8.75. The second-order valence-corrected chi connectivity index (χ2v) is 10.4. The lowest BCUT2D eigenvalue weighted by molar-refractivity contribution is 0.566. The van der Waals surface area contributed by atoms with Gasteiger partial charge in [-0.05, 0) is 43.5 Å². The number of aromatic nitrogens is 4. The van der Waals surface area contributed by atoms with E-state index in [1.54, 1.807) is 30.5 Å². The lowest BCUT2D eigenvalue weighted by atomic mass is 10.1. The number of nitrogens with zero attached hydrogens (tertiary/aromatic N) is 5. The van der Waals surface area contributed by atoms with Gasteiger partial charge in [-0.15, -0.1) is 10.5 Å². The summed E-state index contributed by atoms with van der Waals surface area (Å²) in [5.74, 6) is 3.27. The van der Waals surface area contributed by atoms with Crippen molar-refractivity contribution in [1.29, 1.82) is 0 Å². The van der Waals surface area contributed by atoms with Gasteiger partial charge in [0.05, 0.1) is 22.5 Å². The number of fused-ring (bicyclic) bond motifs is 1. The Morgan fingerprint density at radius 2 is 1.86 bits per heavy atom. The van der Waals surface area contributed by atoms with Crippen LogP contribution >= 0.6 is 10.5 Å². The Morgan fingerprint density at radius 1 is 1.08 bits per heavy atom. The molecule has 1 aromatic carbocycles. The van der Waals surface area contributed by atoms with Gasteiger partial charge in [0, 0.05) is 55.6 Å². The van der Waals surface area contributed by atoms with E-state index >= 15 is 0 Å². The van der Waals surface area contributed by atoms with E-state index in [1.165, 1.54) is 10.6 Å². The number of benzene rings is 1. The Balaban J connectivity index is 1.50. The molecule has 1 aliphatic heterocycles. The number of hydrogen-bond acceptors (Lipinski definition) is 7. The third-order valence-corrected chi connectivity index (χ3v) is 7.22. The first kappa shape index (κ1) is 25.0. The molecule has 11 heteroatoms. The van der Waals surface area contributed by atoms with E-state index in [9.17, 15) is 13.6 Å². The van der Waals surface area contributed by atoms with Gasteiger partial charge in [-0.1, -0.05) is 5.87 Å². The number of pyridine rings is 2. The molecule has 1 aliphatic rings. The molecule has 1 fully saturated rings. The van der Waals surface area contributed by atoms with E-state index in [1.807, 2.05) is 18.1 Å². The Hall–Kier alpha value is -3.70. The van der Waals surface area contributed by atoms with Crippen molar-refractivity contribution in [2.24, 2.45) is 0 Å². The fourth-order valence-corrected chi connectivity index (χ4v) is 4.95. The number of nitrogens with one attached hydrogen (secondary N) is 2. The minimum absolute atomic E-state index is 0.171. The molecule has 1 atom stereocenters. The molecule has 5 rings (SSSR count). The van der Waals surface area contributed by atoms with Crippen LogP contribution in [0.25, 0.3) is 22.2 Å². The van der Waals surface area contributed by atoms with Crippen LogP contribution in [0.4, 0.5) is 26.1 Å². The van der Waals surface area contributed by atoms with Gasteiger partial charge < -0.3 is 15.5 Å². The van der Waals surface area contributed by atoms with Gasteiger partial charge >= 0.3 is 0 Å². The first-order chi connectivity index (χ1) is 17.9. The number of rotatable bonds is 6. The second kappa shape index (κ2) is 10.3. The third-order valence-electron chi connectivity index (χ3n) is 6.28. The molecule has 0 bridgehead atoms. The minimum atomic E-state index is -0.584. The van der Waals surface area contributed by atoms with Crippen molar-refractivity contribution in [3.8, 4) is 11.1 Å². The summed E-state index contributed by atoms with van der Waals surface area (Å²) in [5, 5.41) is 7.48. The van der Waals surface area contributed by atoms with Crippen molar-refractivity contribution >= 4 is 44.7 Å². The maximum Gasteiger partial charge on any atom is 0.260 e. The number of hydrogen-bond donors (Lipinski definition) is 2. The molecule has 37 heavy (non-hydrogen) atoms. The first-order valence-corrected chi connectivity index (χ1v) is 13.7. The van der Waals surface area contributed by atoms with Crippen LogP contribution in [0.15, 0.2) is 52.5 Å². The largest absolute Gasteiger partial charge is 0.367 e. The van der Waals surface area contributed by atoms with Crippen LogP contribution in [0.3, 0.4) is 0 Å². The summed E-state index contributed by atoms with van der Waals surface area (Å²) in [6, 6.07) is 8.09. The first-order valence-electron chi connectivity index (χ1n) is 11.9. The monoisotopic (exact) mass is 523 g/mol. The molecule has 0 spiro atoms. The van der Waals surface area contributed by atoms with Crippen molar-refractivity contribution in [3.05, 3.63) is 64.7 Å². The van der Waals surface area contributed by atoms with Crippen LogP contribution in [-0.4, -0.2) is 57.8 Å². The van der Waals surface area contributed by atoms with Gasteiger partial charge in [-0.25, -0.2) is 18.7 Å². The average molecular weight is 524 g/mol. The standard InChI is InChI=1S/C26H27F2N7OS/c1-4-35-24-16(11-19(25(35)36)18-13-23(37(2)3)30-15-21(18)28)14-31-26(33-24)32-17-5-6-22(20(27)12-17)34-9-7-29-8-10-34/h5-6,11-15,29H,2,4,7-10H2,1,3H3,(H,31,32,33). The molecule has 8 nitrogen and oxygen atoms in total. The summed E-state index contributed by atoms with van der Waals surface area (Å²) in [6.45, 7) is 5.25. The van der Waals surface area contributed by atoms with Crippen molar-refractivity contribution in [1.82, 2.24) is 24.8 Å². The van der Waals surface area contributed by atoms with Gasteiger partial charge in [-0.2, -0.15) is 4.98 Å². The van der Waals surface area contributed by atoms with E-state index in [0.29, 0.717) is 34.0 Å². The molecule has 0 saturated carbocycles. The molecule has 0 radical (unpaired) electrons. The minimum Gasteiger partial charge on any atom is -0.367 e. The normalized spacial score (nSPS) is 14.6. The highest BCUT2D eigenvalue weighted by Gasteiger charge is 2.18. The van der Waals surface area contributed by atoms with E-state index in [2.05, 4.69) is 31.5 Å². The van der Waals surface area contributed by atoms with Crippen LogP contribution in [0, 0.1) is 11.6 Å². The Bertz CT molecular complexity index is 1570. The highest BCUT2D eigenvalue weighted by Crippen LogP contribution is 2.29. The topological polar surface area (TPSA) is 88.0 Å². The Kier molecular flexibility index (Phi) is 6.98. The van der Waals surface area contributed by atoms with Gasteiger partial charge in [0.2, 0.25) is 5.95 Å². The van der Waals surface area contributed by atoms with Crippen LogP contribution in [0.2, 0.25) is 0 Å². The molecule has 1 unspecified atom stereocenters. The zero-order valence-electron chi connectivity index (χ0n) is 20.6. The molecule has 2 N–H and O–H groups in total. The number of halogens is 2. The van der Waals surface area contributed by atoms with Gasteiger partial charge in [0.25, 0.3) is 5.56 Å². The molecular formula is C26H27F2N7OS. The number of piperazine rings is 1. The SMILES string of the molecule is C=S(C)c1cc(-c2cc3cnc(Nc4ccc(N5CCNCC5)c(F)c4)nc3n(CC)c2=O)c(F)cn1. The molecule has 0 amide bonds. The van der Waals surface area contributed by atoms with Crippen LogP contribution < -0.4 is 21.1 Å². The average Bonchev–Trinajstić information content (AvgIpc) is 2.89. The predicted octanol–water partition coefficient (Wildman–Crippen LogP) is 3.99. The van der Waals surface area contributed by atoms with E-state index in [-0.39, 0.29) is 28.5 Å². The van der Waals surface area contributed by atoms with E-state index in [4.69, 9.17) is 0 Å². The Morgan fingerprint density at radius 3 is 2.57 bits per heavy atom. The predicted molar refractivity (Wildman–Crippen MR) is 146 cm³/mol. The zero-order chi connectivity index (χ0) is 26.1. The van der Waals surface area contributed by atoms with Crippen molar-refractivity contribution in [2.75, 3.05) is 42.7 Å². The lowest BCUT2D eigenvalue weighted by Gasteiger charge is -2.29. The fourth-order valence-electron chi connectivity index (χ4n) is 4.40. The van der Waals surface area contributed by atoms with E-state index in [0.717, 1.165) is 32.4 Å². The summed E-state index contributed by atoms with van der Waals surface area (Å²) >= 11 is 0. The summed E-state index contributed by atoms with van der Waals surface area (Å²) in [5.41, 5.74) is 1.45. The molecule has 4 heterocycles. The van der Waals surface area contributed by atoms with Crippen molar-refractivity contribution in [2.45, 2.75) is 18.5 Å². The molecule has 1 saturated heterocycles. The summed E-state index contributed by atoms with van der Waals surface area (Å²) in [4.78, 5) is 28.4. The lowest BCUT2D eigenvalue weighted by Crippen LogP contribution is -2.43. The molecular weight excluding hydrogens is 496 g/mol.